The van der Waals surface area contributed by atoms with Gasteiger partial charge in [0.25, 0.3) is 0 Å². The number of amides is 1. The van der Waals surface area contributed by atoms with Gasteiger partial charge in [0.15, 0.2) is 0 Å². The van der Waals surface area contributed by atoms with Crippen LogP contribution in [0.1, 0.15) is 20.8 Å². The molecule has 0 aliphatic carbocycles. The molecule has 9 heteroatoms. The highest BCUT2D eigenvalue weighted by Gasteiger charge is 2.30. The van der Waals surface area contributed by atoms with Crippen molar-refractivity contribution in [2.75, 3.05) is 18.1 Å². The van der Waals surface area contributed by atoms with Gasteiger partial charge in [-0.15, -0.1) is 0 Å². The maximum absolute atomic E-state index is 12.5. The SMILES string of the molecule is CCOC(=O)C(C)N(C(=O)OCC)c1ccc2c(c1)oc1c([N+](=O)[O-])cccc12. The highest BCUT2D eigenvalue weighted by molar-refractivity contribution is 6.09. The Morgan fingerprint density at radius 2 is 1.86 bits per heavy atom. The normalized spacial score (nSPS) is 12.0. The first-order valence-electron chi connectivity index (χ1n) is 9.11. The van der Waals surface area contributed by atoms with Gasteiger partial charge in [-0.1, -0.05) is 6.07 Å². The number of rotatable bonds is 6. The van der Waals surface area contributed by atoms with Gasteiger partial charge >= 0.3 is 17.7 Å². The van der Waals surface area contributed by atoms with Gasteiger partial charge in [-0.3, -0.25) is 15.0 Å². The van der Waals surface area contributed by atoms with Crippen LogP contribution in [0, 0.1) is 10.1 Å². The van der Waals surface area contributed by atoms with E-state index in [0.717, 1.165) is 0 Å². The van der Waals surface area contributed by atoms with E-state index in [-0.39, 0.29) is 24.5 Å². The Morgan fingerprint density at radius 1 is 1.14 bits per heavy atom. The minimum absolute atomic E-state index is 0.129. The Labute approximate surface area is 165 Å². The number of nitro benzene ring substituents is 1. The third-order valence-electron chi connectivity index (χ3n) is 4.42. The minimum atomic E-state index is -0.940. The van der Waals surface area contributed by atoms with Gasteiger partial charge in [0.1, 0.15) is 11.6 Å². The molecule has 0 N–H and O–H groups in total. The van der Waals surface area contributed by atoms with Crippen molar-refractivity contribution in [2.45, 2.75) is 26.8 Å². The number of hydrogen-bond acceptors (Lipinski definition) is 7. The number of furan rings is 1. The molecule has 152 valence electrons. The summed E-state index contributed by atoms with van der Waals surface area (Å²) in [6.07, 6.45) is -0.713. The van der Waals surface area contributed by atoms with Gasteiger partial charge in [-0.2, -0.15) is 0 Å². The molecule has 0 aliphatic heterocycles. The molecule has 0 radical (unpaired) electrons. The first-order chi connectivity index (χ1) is 13.9. The maximum atomic E-state index is 12.5. The van der Waals surface area contributed by atoms with Crippen LogP contribution >= 0.6 is 0 Å². The average molecular weight is 400 g/mol. The van der Waals surface area contributed by atoms with E-state index in [1.54, 1.807) is 44.2 Å². The third kappa shape index (κ3) is 3.71. The van der Waals surface area contributed by atoms with Gasteiger partial charge in [0.2, 0.25) is 5.58 Å². The molecule has 1 atom stereocenters. The summed E-state index contributed by atoms with van der Waals surface area (Å²) in [6, 6.07) is 8.58. The number of fused-ring (bicyclic) bond motifs is 3. The number of benzene rings is 2. The van der Waals surface area contributed by atoms with Crippen LogP contribution in [-0.4, -0.2) is 36.2 Å². The quantitative estimate of drug-likeness (QED) is 0.342. The number of esters is 1. The lowest BCUT2D eigenvalue weighted by molar-refractivity contribution is -0.383. The number of nitro groups is 1. The van der Waals surface area contributed by atoms with Crippen LogP contribution in [0.5, 0.6) is 0 Å². The van der Waals surface area contributed by atoms with Crippen molar-refractivity contribution < 1.29 is 28.4 Å². The molecule has 2 aromatic carbocycles. The molecule has 9 nitrogen and oxygen atoms in total. The topological polar surface area (TPSA) is 112 Å². The summed E-state index contributed by atoms with van der Waals surface area (Å²) in [5.74, 6) is -0.583. The Hall–Kier alpha value is -3.62. The summed E-state index contributed by atoms with van der Waals surface area (Å²) < 4.78 is 15.8. The fourth-order valence-corrected chi connectivity index (χ4v) is 3.11. The van der Waals surface area contributed by atoms with Gasteiger partial charge in [0.05, 0.1) is 23.8 Å². The van der Waals surface area contributed by atoms with Gasteiger partial charge < -0.3 is 13.9 Å². The first-order valence-corrected chi connectivity index (χ1v) is 9.11. The van der Waals surface area contributed by atoms with E-state index in [0.29, 0.717) is 22.0 Å². The standard InChI is InChI=1S/C20H20N2O7/c1-4-27-19(23)12(3)21(20(24)28-5-2)13-9-10-14-15-7-6-8-16(22(25)26)18(15)29-17(14)11-13/h6-12H,4-5H2,1-3H3. The molecule has 0 spiro atoms. The molecule has 0 fully saturated rings. The molecule has 3 aromatic rings. The van der Waals surface area contributed by atoms with E-state index in [2.05, 4.69) is 0 Å². The van der Waals surface area contributed by atoms with Crippen molar-refractivity contribution >= 4 is 45.4 Å². The van der Waals surface area contributed by atoms with Crippen LogP contribution in [-0.2, 0) is 14.3 Å². The number of hydrogen-bond donors (Lipinski definition) is 0. The van der Waals surface area contributed by atoms with Crippen molar-refractivity contribution in [3.8, 4) is 0 Å². The largest absolute Gasteiger partial charge is 0.464 e. The first kappa shape index (κ1) is 20.1. The van der Waals surface area contributed by atoms with Crippen LogP contribution in [0.2, 0.25) is 0 Å². The van der Waals surface area contributed by atoms with Crippen molar-refractivity contribution in [3.63, 3.8) is 0 Å². The number of ether oxygens (including phenoxy) is 2. The summed E-state index contributed by atoms with van der Waals surface area (Å²) >= 11 is 0. The highest BCUT2D eigenvalue weighted by Crippen LogP contribution is 2.36. The predicted octanol–water partition coefficient (Wildman–Crippen LogP) is 4.41. The molecule has 3 rings (SSSR count). The van der Waals surface area contributed by atoms with Crippen LogP contribution in [0.25, 0.3) is 21.9 Å². The zero-order chi connectivity index (χ0) is 21.1. The third-order valence-corrected chi connectivity index (χ3v) is 4.42. The fourth-order valence-electron chi connectivity index (χ4n) is 3.11. The zero-order valence-corrected chi connectivity index (χ0v) is 16.2. The lowest BCUT2D eigenvalue weighted by Gasteiger charge is -2.26. The molecule has 0 bridgehead atoms. The predicted molar refractivity (Wildman–Crippen MR) is 106 cm³/mol. The Morgan fingerprint density at radius 3 is 2.52 bits per heavy atom. The van der Waals surface area contributed by atoms with Crippen LogP contribution in [0.15, 0.2) is 40.8 Å². The second-order valence-corrected chi connectivity index (χ2v) is 6.19. The summed E-state index contributed by atoms with van der Waals surface area (Å²) in [5, 5.41) is 12.5. The van der Waals surface area contributed by atoms with Crippen LogP contribution in [0.3, 0.4) is 0 Å². The van der Waals surface area contributed by atoms with Crippen LogP contribution in [0.4, 0.5) is 16.2 Å². The van der Waals surface area contributed by atoms with E-state index < -0.39 is 23.0 Å². The van der Waals surface area contributed by atoms with E-state index in [4.69, 9.17) is 13.9 Å². The number of non-ortho nitro benzene ring substituents is 1. The lowest BCUT2D eigenvalue weighted by Crippen LogP contribution is -2.44. The van der Waals surface area contributed by atoms with E-state index in [1.807, 2.05) is 0 Å². The molecule has 0 saturated carbocycles. The lowest BCUT2D eigenvalue weighted by atomic mass is 10.1. The van der Waals surface area contributed by atoms with E-state index in [9.17, 15) is 19.7 Å². The molecule has 1 amide bonds. The second kappa shape index (κ2) is 8.17. The number of anilines is 1. The highest BCUT2D eigenvalue weighted by atomic mass is 16.6. The summed E-state index contributed by atoms with van der Waals surface area (Å²) in [6.45, 7) is 5.16. The zero-order valence-electron chi connectivity index (χ0n) is 16.2. The number of nitrogens with zero attached hydrogens (tertiary/aromatic N) is 2. The molecule has 1 unspecified atom stereocenters. The van der Waals surface area contributed by atoms with Gasteiger partial charge in [0, 0.05) is 22.9 Å². The molecule has 1 aromatic heterocycles. The molecule has 1 heterocycles. The number of para-hydroxylation sites is 1. The summed E-state index contributed by atoms with van der Waals surface area (Å²) in [5.41, 5.74) is 0.684. The molecular formula is C20H20N2O7. The van der Waals surface area contributed by atoms with Crippen molar-refractivity contribution in [3.05, 3.63) is 46.5 Å². The van der Waals surface area contributed by atoms with Gasteiger partial charge in [-0.05, 0) is 39.0 Å². The minimum Gasteiger partial charge on any atom is -0.464 e. The Kier molecular flexibility index (Phi) is 5.67. The summed E-state index contributed by atoms with van der Waals surface area (Å²) in [7, 11) is 0. The monoisotopic (exact) mass is 400 g/mol. The smallest absolute Gasteiger partial charge is 0.415 e. The second-order valence-electron chi connectivity index (χ2n) is 6.19. The molecule has 0 saturated heterocycles. The molecular weight excluding hydrogens is 380 g/mol. The Bertz CT molecular complexity index is 1090. The van der Waals surface area contributed by atoms with Gasteiger partial charge in [-0.25, -0.2) is 9.59 Å². The maximum Gasteiger partial charge on any atom is 0.415 e. The van der Waals surface area contributed by atoms with Crippen LogP contribution < -0.4 is 4.90 Å². The Balaban J connectivity index is 2.13. The molecule has 0 aliphatic rings. The van der Waals surface area contributed by atoms with Crippen molar-refractivity contribution in [1.82, 2.24) is 0 Å². The van der Waals surface area contributed by atoms with E-state index >= 15 is 0 Å². The van der Waals surface area contributed by atoms with Crippen molar-refractivity contribution in [1.29, 1.82) is 0 Å². The number of carbonyl (C=O) groups excluding carboxylic acids is 2. The molecule has 29 heavy (non-hydrogen) atoms. The van der Waals surface area contributed by atoms with Crippen molar-refractivity contribution in [2.24, 2.45) is 0 Å². The fraction of sp³-hybridized carbons (Fsp3) is 0.300. The average Bonchev–Trinajstić information content (AvgIpc) is 3.06. The summed E-state index contributed by atoms with van der Waals surface area (Å²) in [4.78, 5) is 36.7. The van der Waals surface area contributed by atoms with E-state index in [1.165, 1.54) is 17.9 Å². The number of carbonyl (C=O) groups is 2.